The Balaban J connectivity index is 1.54. The van der Waals surface area contributed by atoms with Gasteiger partial charge in [-0.3, -0.25) is 0 Å². The first-order valence-electron chi connectivity index (χ1n) is 11.9. The number of likely N-dealkylation sites (N-methyl/N-ethyl adjacent to an activating group) is 2. The number of hydrogen-bond acceptors (Lipinski definition) is 10. The smallest absolute Gasteiger partial charge is 0.390 e. The predicted octanol–water partition coefficient (Wildman–Crippen LogP) is -0.955. The molecule has 1 aliphatic carbocycles. The molecule has 0 bridgehead atoms. The van der Waals surface area contributed by atoms with Crippen molar-refractivity contribution >= 4 is 0 Å². The van der Waals surface area contributed by atoms with Crippen LogP contribution in [0.4, 0.5) is 13.2 Å². The molecule has 0 spiro atoms. The van der Waals surface area contributed by atoms with E-state index in [1.165, 1.54) is 12.1 Å². The van der Waals surface area contributed by atoms with E-state index in [2.05, 4.69) is 16.0 Å². The van der Waals surface area contributed by atoms with Gasteiger partial charge in [-0.05, 0) is 32.6 Å². The lowest BCUT2D eigenvalue weighted by molar-refractivity contribution is -0.482. The van der Waals surface area contributed by atoms with Crippen LogP contribution < -0.4 is 16.0 Å². The standard InChI is InChI=1S/C23H34F3N3O7/c1-11-8-21(32,10-29-9-12-5-4-6-13(7-12)23(24,25)26)22(33)20(34-11)35-19-17(31)14(27-2)16(30)15(28-3)18(19)36-22/h4-7,11,14-20,27-33H,8-10H2,1-3H3. The number of nitrogens with one attached hydrogen (secondary N) is 3. The highest BCUT2D eigenvalue weighted by Gasteiger charge is 2.68. The molecule has 13 heteroatoms. The van der Waals surface area contributed by atoms with Crippen LogP contribution in [0.1, 0.15) is 24.5 Å². The lowest BCUT2D eigenvalue weighted by Crippen LogP contribution is -2.81. The van der Waals surface area contributed by atoms with Crippen LogP contribution in [0.2, 0.25) is 0 Å². The Morgan fingerprint density at radius 2 is 1.72 bits per heavy atom. The van der Waals surface area contributed by atoms with E-state index in [9.17, 15) is 33.6 Å². The molecule has 2 heterocycles. The fourth-order valence-corrected chi connectivity index (χ4v) is 5.50. The molecule has 3 aliphatic rings. The van der Waals surface area contributed by atoms with Crippen molar-refractivity contribution in [3.05, 3.63) is 35.4 Å². The molecule has 1 aromatic carbocycles. The molecule has 10 nitrogen and oxygen atoms in total. The second-order valence-corrected chi connectivity index (χ2v) is 9.81. The van der Waals surface area contributed by atoms with Crippen molar-refractivity contribution in [3.63, 3.8) is 0 Å². The van der Waals surface area contributed by atoms with Gasteiger partial charge in [-0.2, -0.15) is 13.2 Å². The summed E-state index contributed by atoms with van der Waals surface area (Å²) in [6, 6.07) is 3.25. The number of rotatable bonds is 6. The van der Waals surface area contributed by atoms with Gasteiger partial charge in [0.2, 0.25) is 12.1 Å². The molecule has 2 aliphatic heterocycles. The number of fused-ring (bicyclic) bond motifs is 2. The van der Waals surface area contributed by atoms with E-state index in [1.807, 2.05) is 0 Å². The topological polar surface area (TPSA) is 145 Å². The molecular formula is C23H34F3N3O7. The summed E-state index contributed by atoms with van der Waals surface area (Å²) >= 11 is 0. The summed E-state index contributed by atoms with van der Waals surface area (Å²) < 4.78 is 56.8. The minimum atomic E-state index is -4.48. The third-order valence-electron chi connectivity index (χ3n) is 7.35. The summed E-state index contributed by atoms with van der Waals surface area (Å²) in [6.45, 7) is 1.38. The average Bonchev–Trinajstić information content (AvgIpc) is 2.80. The molecule has 0 amide bonds. The average molecular weight is 522 g/mol. The Bertz CT molecular complexity index is 927. The van der Waals surface area contributed by atoms with Crippen LogP contribution in [0.15, 0.2) is 24.3 Å². The molecule has 7 N–H and O–H groups in total. The van der Waals surface area contributed by atoms with Crippen molar-refractivity contribution in [2.75, 3.05) is 20.6 Å². The minimum Gasteiger partial charge on any atom is -0.390 e. The van der Waals surface area contributed by atoms with E-state index < -0.39 is 72.0 Å². The van der Waals surface area contributed by atoms with E-state index in [0.717, 1.165) is 12.1 Å². The van der Waals surface area contributed by atoms with Crippen molar-refractivity contribution in [1.29, 1.82) is 0 Å². The maximum absolute atomic E-state index is 13.0. The number of alkyl halides is 3. The zero-order chi connectivity index (χ0) is 26.5. The summed E-state index contributed by atoms with van der Waals surface area (Å²) in [7, 11) is 3.16. The van der Waals surface area contributed by atoms with Crippen molar-refractivity contribution in [1.82, 2.24) is 16.0 Å². The van der Waals surface area contributed by atoms with Crippen molar-refractivity contribution < 1.29 is 47.8 Å². The maximum Gasteiger partial charge on any atom is 0.416 e. The van der Waals surface area contributed by atoms with Crippen LogP contribution in [-0.4, -0.2) is 101 Å². The first-order valence-corrected chi connectivity index (χ1v) is 11.9. The third kappa shape index (κ3) is 4.77. The monoisotopic (exact) mass is 521 g/mol. The van der Waals surface area contributed by atoms with Crippen LogP contribution in [0.3, 0.4) is 0 Å². The quantitative estimate of drug-likeness (QED) is 0.250. The zero-order valence-electron chi connectivity index (χ0n) is 20.2. The summed E-state index contributed by atoms with van der Waals surface area (Å²) in [5, 5.41) is 53.5. The SMILES string of the molecule is CNC1C(O)C(NC)C2OC3(O)C(OC(C)CC3(O)CNCc3cccc(C(F)(F)F)c3)OC2C1O. The van der Waals surface area contributed by atoms with Gasteiger partial charge in [0.15, 0.2) is 0 Å². The van der Waals surface area contributed by atoms with Gasteiger partial charge in [0.1, 0.15) is 23.9 Å². The molecule has 0 aromatic heterocycles. The second-order valence-electron chi connectivity index (χ2n) is 9.81. The normalized spacial score (nSPS) is 43.1. The van der Waals surface area contributed by atoms with E-state index in [1.54, 1.807) is 21.0 Å². The van der Waals surface area contributed by atoms with Gasteiger partial charge < -0.3 is 50.6 Å². The molecule has 10 atom stereocenters. The summed E-state index contributed by atoms with van der Waals surface area (Å²) in [5.41, 5.74) is -2.43. The molecule has 0 radical (unpaired) electrons. The number of ether oxygens (including phenoxy) is 3. The van der Waals surface area contributed by atoms with Gasteiger partial charge in [0.05, 0.1) is 29.9 Å². The van der Waals surface area contributed by atoms with E-state index >= 15 is 0 Å². The largest absolute Gasteiger partial charge is 0.416 e. The first kappa shape index (κ1) is 27.6. The fourth-order valence-electron chi connectivity index (χ4n) is 5.50. The molecule has 3 fully saturated rings. The number of benzene rings is 1. The van der Waals surface area contributed by atoms with Gasteiger partial charge in [-0.25, -0.2) is 0 Å². The van der Waals surface area contributed by atoms with Crippen molar-refractivity contribution in [2.24, 2.45) is 0 Å². The summed E-state index contributed by atoms with van der Waals surface area (Å²) in [6.07, 6.45) is -11.0. The highest BCUT2D eigenvalue weighted by atomic mass is 19.4. The Kier molecular flexibility index (Phi) is 7.72. The number of aliphatic hydroxyl groups excluding tert-OH is 2. The Morgan fingerprint density at radius 1 is 1.03 bits per heavy atom. The number of halogens is 3. The fraction of sp³-hybridized carbons (Fsp3) is 0.739. The van der Waals surface area contributed by atoms with Crippen molar-refractivity contribution in [3.8, 4) is 0 Å². The predicted molar refractivity (Wildman–Crippen MR) is 119 cm³/mol. The third-order valence-corrected chi connectivity index (χ3v) is 7.35. The summed E-state index contributed by atoms with van der Waals surface area (Å²) in [4.78, 5) is 0. The molecule has 36 heavy (non-hydrogen) atoms. The van der Waals surface area contributed by atoms with Gasteiger partial charge in [0, 0.05) is 19.5 Å². The molecule has 1 aromatic rings. The number of hydrogen-bond donors (Lipinski definition) is 7. The second kappa shape index (κ2) is 10.1. The molecule has 10 unspecified atom stereocenters. The van der Waals surface area contributed by atoms with Crippen LogP contribution >= 0.6 is 0 Å². The number of aliphatic hydroxyl groups is 4. The molecule has 2 saturated heterocycles. The van der Waals surface area contributed by atoms with Crippen LogP contribution in [0.25, 0.3) is 0 Å². The van der Waals surface area contributed by atoms with Gasteiger partial charge in [-0.15, -0.1) is 0 Å². The Morgan fingerprint density at radius 3 is 2.36 bits per heavy atom. The maximum atomic E-state index is 13.0. The van der Waals surface area contributed by atoms with Crippen LogP contribution in [0, 0.1) is 0 Å². The van der Waals surface area contributed by atoms with Gasteiger partial charge in [-0.1, -0.05) is 18.2 Å². The first-order chi connectivity index (χ1) is 16.8. The van der Waals surface area contributed by atoms with Crippen LogP contribution in [0.5, 0.6) is 0 Å². The molecular weight excluding hydrogens is 487 g/mol. The van der Waals surface area contributed by atoms with Gasteiger partial charge >= 0.3 is 6.18 Å². The Hall–Kier alpha value is -1.39. The van der Waals surface area contributed by atoms with E-state index in [-0.39, 0.29) is 19.5 Å². The van der Waals surface area contributed by atoms with Crippen LogP contribution in [-0.2, 0) is 26.9 Å². The molecule has 4 rings (SSSR count). The lowest BCUT2D eigenvalue weighted by Gasteiger charge is -2.60. The van der Waals surface area contributed by atoms with E-state index in [4.69, 9.17) is 14.2 Å². The Labute approximate surface area is 206 Å². The molecule has 204 valence electrons. The van der Waals surface area contributed by atoms with Crippen molar-refractivity contribution in [2.45, 2.75) is 86.3 Å². The van der Waals surface area contributed by atoms with Gasteiger partial charge in [0.25, 0.3) is 0 Å². The zero-order valence-corrected chi connectivity index (χ0v) is 20.2. The van der Waals surface area contributed by atoms with E-state index in [0.29, 0.717) is 5.56 Å². The highest BCUT2D eigenvalue weighted by Crippen LogP contribution is 2.46. The lowest BCUT2D eigenvalue weighted by atomic mass is 9.77. The minimum absolute atomic E-state index is 0.0183. The highest BCUT2D eigenvalue weighted by molar-refractivity contribution is 5.25. The molecule has 1 saturated carbocycles. The summed E-state index contributed by atoms with van der Waals surface area (Å²) in [5.74, 6) is -2.40.